The van der Waals surface area contributed by atoms with Gasteiger partial charge in [-0.15, -0.1) is 0 Å². The molecule has 0 radical (unpaired) electrons. The van der Waals surface area contributed by atoms with Crippen LogP contribution in [0.25, 0.3) is 0 Å². The average Bonchev–Trinajstić information content (AvgIpc) is 3.38. The van der Waals surface area contributed by atoms with Crippen molar-refractivity contribution in [2.75, 3.05) is 63.1 Å². The van der Waals surface area contributed by atoms with Crippen LogP contribution in [0, 0.1) is 19.3 Å². The van der Waals surface area contributed by atoms with Crippen molar-refractivity contribution in [2.45, 2.75) is 39.2 Å². The zero-order valence-corrected chi connectivity index (χ0v) is 21.8. The maximum absolute atomic E-state index is 13.4. The highest BCUT2D eigenvalue weighted by atomic mass is 32.2. The number of piperazine rings is 1. The zero-order valence-electron chi connectivity index (χ0n) is 20.9. The Labute approximate surface area is 212 Å². The fraction of sp³-hybridized carbons (Fsp3) is 0.667. The summed E-state index contributed by atoms with van der Waals surface area (Å²) in [6.07, 6.45) is 0.0848. The molecule has 1 aromatic carbocycles. The summed E-state index contributed by atoms with van der Waals surface area (Å²) in [5.74, 6) is -1.16. The van der Waals surface area contributed by atoms with E-state index in [4.69, 9.17) is 9.47 Å². The maximum Gasteiger partial charge on any atom is 0.410 e. The molecule has 0 aliphatic carbocycles. The number of nitrogens with one attached hydrogen (secondary N) is 1. The van der Waals surface area contributed by atoms with Gasteiger partial charge < -0.3 is 19.3 Å². The number of sulfonamides is 1. The highest BCUT2D eigenvalue weighted by Crippen LogP contribution is 2.35. The number of nitrogens with zero attached hydrogens (tertiary/aromatic N) is 3. The van der Waals surface area contributed by atoms with Gasteiger partial charge in [0.25, 0.3) is 5.91 Å². The van der Waals surface area contributed by atoms with Crippen molar-refractivity contribution in [3.05, 3.63) is 29.3 Å². The first kappa shape index (κ1) is 26.6. The zero-order chi connectivity index (χ0) is 25.9. The molecule has 2 amide bonds. The van der Waals surface area contributed by atoms with E-state index in [9.17, 15) is 23.2 Å². The van der Waals surface area contributed by atoms with Crippen molar-refractivity contribution in [3.63, 3.8) is 0 Å². The third-order valence-electron chi connectivity index (χ3n) is 7.51. The molecule has 0 aromatic heterocycles. The van der Waals surface area contributed by atoms with Crippen LogP contribution in [0.4, 0.5) is 10.5 Å². The van der Waals surface area contributed by atoms with Gasteiger partial charge in [-0.2, -0.15) is 4.31 Å². The van der Waals surface area contributed by atoms with Crippen LogP contribution < -0.4 is 10.4 Å². The molecule has 1 atom stereocenters. The van der Waals surface area contributed by atoms with Crippen molar-refractivity contribution in [1.29, 1.82) is 0 Å². The number of rotatable bonds is 6. The molecular weight excluding hydrogens is 488 g/mol. The molecule has 0 bridgehead atoms. The van der Waals surface area contributed by atoms with E-state index < -0.39 is 33.2 Å². The normalized spacial score (nSPS) is 22.9. The largest absolute Gasteiger partial charge is 0.444 e. The average molecular weight is 525 g/mol. The minimum atomic E-state index is -3.79. The lowest BCUT2D eigenvalue weighted by atomic mass is 9.79. The molecular formula is C24H36N4O7S. The predicted molar refractivity (Wildman–Crippen MR) is 132 cm³/mol. The summed E-state index contributed by atoms with van der Waals surface area (Å²) >= 11 is 0. The van der Waals surface area contributed by atoms with E-state index in [2.05, 4.69) is 23.1 Å². The lowest BCUT2D eigenvalue weighted by molar-refractivity contribution is -0.141. The third kappa shape index (κ3) is 5.77. The number of anilines is 1. The molecule has 200 valence electrons. The number of carbonyl (C=O) groups is 2. The number of likely N-dealkylation sites (tertiary alicyclic amines) is 1. The van der Waals surface area contributed by atoms with Gasteiger partial charge in [0.1, 0.15) is 6.10 Å². The minimum Gasteiger partial charge on any atom is -0.444 e. The number of hydrogen-bond donors (Lipinski definition) is 2. The standard InChI is InChI=1S/C24H36N4O7S/c1-18-3-4-19(2)21(15-18)26-10-12-28(13-11-26)36(32,33)17-24(22(29)25-31)6-8-27(9-7-24)23(30)35-20-5-14-34-16-20/h3-4,15,20,31H,5-14,16-17H2,1-2H3,(H,25,29)/t20-/m0/s1. The molecule has 11 nitrogen and oxygen atoms in total. The Balaban J connectivity index is 1.38. The minimum absolute atomic E-state index is 0.108. The summed E-state index contributed by atoms with van der Waals surface area (Å²) in [6, 6.07) is 6.23. The monoisotopic (exact) mass is 524 g/mol. The Morgan fingerprint density at radius 1 is 1.14 bits per heavy atom. The second-order valence-corrected chi connectivity index (χ2v) is 12.0. The Hall–Kier alpha value is -2.41. The highest BCUT2D eigenvalue weighted by molar-refractivity contribution is 7.89. The van der Waals surface area contributed by atoms with E-state index in [0.717, 1.165) is 16.8 Å². The summed E-state index contributed by atoms with van der Waals surface area (Å²) in [5, 5.41) is 9.40. The summed E-state index contributed by atoms with van der Waals surface area (Å²) in [4.78, 5) is 28.9. The molecule has 4 rings (SSSR count). The van der Waals surface area contributed by atoms with Crippen molar-refractivity contribution in [3.8, 4) is 0 Å². The molecule has 3 aliphatic rings. The van der Waals surface area contributed by atoms with Gasteiger partial charge in [-0.25, -0.2) is 18.7 Å². The molecule has 12 heteroatoms. The molecule has 3 aliphatic heterocycles. The molecule has 0 unspecified atom stereocenters. The number of benzene rings is 1. The van der Waals surface area contributed by atoms with E-state index >= 15 is 0 Å². The van der Waals surface area contributed by atoms with Crippen LogP contribution in [0.15, 0.2) is 18.2 Å². The van der Waals surface area contributed by atoms with Gasteiger partial charge in [-0.1, -0.05) is 12.1 Å². The summed E-state index contributed by atoms with van der Waals surface area (Å²) in [7, 11) is -3.79. The Kier molecular flexibility index (Phi) is 8.08. The van der Waals surface area contributed by atoms with E-state index in [0.29, 0.717) is 45.8 Å². The van der Waals surface area contributed by atoms with Crippen molar-refractivity contribution < 1.29 is 32.7 Å². The Bertz CT molecular complexity index is 1060. The Morgan fingerprint density at radius 3 is 2.44 bits per heavy atom. The lowest BCUT2D eigenvalue weighted by Gasteiger charge is -2.41. The molecule has 3 heterocycles. The molecule has 2 N–H and O–H groups in total. The highest BCUT2D eigenvalue weighted by Gasteiger charge is 2.47. The number of carbonyl (C=O) groups excluding carboxylic acids is 2. The number of aryl methyl sites for hydroxylation is 2. The fourth-order valence-electron chi connectivity index (χ4n) is 5.20. The van der Waals surface area contributed by atoms with Gasteiger partial charge in [-0.05, 0) is 43.9 Å². The van der Waals surface area contributed by atoms with Crippen LogP contribution in [0.1, 0.15) is 30.4 Å². The molecule has 3 fully saturated rings. The molecule has 1 aromatic rings. The van der Waals surface area contributed by atoms with Crippen LogP contribution >= 0.6 is 0 Å². The molecule has 36 heavy (non-hydrogen) atoms. The first-order valence-corrected chi connectivity index (χ1v) is 14.0. The number of amides is 2. The number of ether oxygens (including phenoxy) is 2. The smallest absolute Gasteiger partial charge is 0.410 e. The van der Waals surface area contributed by atoms with Crippen molar-refractivity contribution in [2.24, 2.45) is 5.41 Å². The van der Waals surface area contributed by atoms with E-state index in [1.54, 1.807) is 5.48 Å². The van der Waals surface area contributed by atoms with Crippen LogP contribution in [0.3, 0.4) is 0 Å². The molecule has 0 spiro atoms. The van der Waals surface area contributed by atoms with Crippen LogP contribution in [-0.4, -0.2) is 99.2 Å². The first-order valence-electron chi connectivity index (χ1n) is 12.4. The second-order valence-electron chi connectivity index (χ2n) is 10.0. The quantitative estimate of drug-likeness (QED) is 0.421. The van der Waals surface area contributed by atoms with Gasteiger partial charge in [0.05, 0.1) is 24.4 Å². The lowest BCUT2D eigenvalue weighted by Crippen LogP contribution is -2.56. The van der Waals surface area contributed by atoms with Gasteiger partial charge in [0.15, 0.2) is 0 Å². The number of hydroxylamine groups is 1. The third-order valence-corrected chi connectivity index (χ3v) is 9.58. The van der Waals surface area contributed by atoms with E-state index in [1.807, 2.05) is 13.8 Å². The van der Waals surface area contributed by atoms with Gasteiger partial charge in [0, 0.05) is 51.4 Å². The SMILES string of the molecule is Cc1ccc(C)c(N2CCN(S(=O)(=O)CC3(C(=O)NO)CCN(C(=O)O[C@H]4CCOC4)CC3)CC2)c1. The second kappa shape index (κ2) is 10.9. The van der Waals surface area contributed by atoms with E-state index in [1.165, 1.54) is 9.21 Å². The summed E-state index contributed by atoms with van der Waals surface area (Å²) in [5.41, 5.74) is 3.73. The predicted octanol–water partition coefficient (Wildman–Crippen LogP) is 1.27. The van der Waals surface area contributed by atoms with Crippen LogP contribution in [0.5, 0.6) is 0 Å². The molecule has 0 saturated carbocycles. The van der Waals surface area contributed by atoms with Gasteiger partial charge in [-0.3, -0.25) is 10.0 Å². The van der Waals surface area contributed by atoms with Crippen molar-refractivity contribution in [1.82, 2.24) is 14.7 Å². The van der Waals surface area contributed by atoms with Crippen LogP contribution in [-0.2, 0) is 24.3 Å². The summed E-state index contributed by atoms with van der Waals surface area (Å²) < 4.78 is 38.9. The number of piperidine rings is 1. The van der Waals surface area contributed by atoms with Gasteiger partial charge in [0.2, 0.25) is 10.0 Å². The maximum atomic E-state index is 13.4. The molecule has 3 saturated heterocycles. The van der Waals surface area contributed by atoms with Gasteiger partial charge >= 0.3 is 6.09 Å². The van der Waals surface area contributed by atoms with Crippen molar-refractivity contribution >= 4 is 27.7 Å². The van der Waals surface area contributed by atoms with Crippen LogP contribution in [0.2, 0.25) is 0 Å². The number of hydrogen-bond acceptors (Lipinski definition) is 8. The topological polar surface area (TPSA) is 129 Å². The summed E-state index contributed by atoms with van der Waals surface area (Å²) in [6.45, 7) is 7.04. The fourth-order valence-corrected chi connectivity index (χ4v) is 7.22. The first-order chi connectivity index (χ1) is 17.1. The Morgan fingerprint density at radius 2 is 1.83 bits per heavy atom. The van der Waals surface area contributed by atoms with E-state index in [-0.39, 0.29) is 32.0 Å².